The topological polar surface area (TPSA) is 59.4 Å². The summed E-state index contributed by atoms with van der Waals surface area (Å²) in [5.74, 6) is 0.999. The number of rotatable bonds is 6. The zero-order valence-corrected chi connectivity index (χ0v) is 19.7. The predicted octanol–water partition coefficient (Wildman–Crippen LogP) is 5.96. The standard InChI is InChI=1S/C27H27FN4O2/c1-5-32-15-22-21(27(32)33)10-11-29-26(22)30-17(3)18-6-9-25(23(28)14-18)34-20-7-8-24-19(13-20)12-16(2)31(24)4/h6-14,17H,5,15H2,1-4H3,(H,29,30)/t17-/m0/s1. The Balaban J connectivity index is 1.34. The van der Waals surface area contributed by atoms with E-state index in [4.69, 9.17) is 4.74 Å². The molecular formula is C27H27FN4O2. The van der Waals surface area contributed by atoms with Gasteiger partial charge in [0.25, 0.3) is 5.91 Å². The SMILES string of the molecule is CCN1Cc2c(ccnc2N[C@@H](C)c2ccc(Oc3ccc4c(c3)cc(C)n4C)c(F)c2)C1=O. The number of hydrogen-bond donors (Lipinski definition) is 1. The average molecular weight is 459 g/mol. The minimum atomic E-state index is -0.436. The number of ether oxygens (including phenoxy) is 1. The van der Waals surface area contributed by atoms with Gasteiger partial charge in [0.1, 0.15) is 11.6 Å². The largest absolute Gasteiger partial charge is 0.454 e. The molecule has 174 valence electrons. The lowest BCUT2D eigenvalue weighted by Gasteiger charge is -2.18. The first kappa shape index (κ1) is 21.9. The smallest absolute Gasteiger partial charge is 0.254 e. The first-order valence-corrected chi connectivity index (χ1v) is 11.4. The van der Waals surface area contributed by atoms with E-state index in [-0.39, 0.29) is 17.7 Å². The van der Waals surface area contributed by atoms with Gasteiger partial charge in [-0.3, -0.25) is 4.79 Å². The molecule has 0 saturated heterocycles. The highest BCUT2D eigenvalue weighted by Crippen LogP contribution is 2.32. The molecule has 2 aromatic carbocycles. The van der Waals surface area contributed by atoms with Crippen LogP contribution in [-0.2, 0) is 13.6 Å². The predicted molar refractivity (Wildman–Crippen MR) is 131 cm³/mol. The van der Waals surface area contributed by atoms with Gasteiger partial charge in [-0.15, -0.1) is 0 Å². The fourth-order valence-electron chi connectivity index (χ4n) is 4.48. The molecule has 34 heavy (non-hydrogen) atoms. The summed E-state index contributed by atoms with van der Waals surface area (Å²) in [6.07, 6.45) is 1.63. The Morgan fingerprint density at radius 1 is 1.18 bits per heavy atom. The van der Waals surface area contributed by atoms with Crippen molar-refractivity contribution in [2.45, 2.75) is 33.4 Å². The van der Waals surface area contributed by atoms with Crippen LogP contribution >= 0.6 is 0 Å². The van der Waals surface area contributed by atoms with Gasteiger partial charge < -0.3 is 19.5 Å². The van der Waals surface area contributed by atoms with E-state index in [9.17, 15) is 9.18 Å². The lowest BCUT2D eigenvalue weighted by atomic mass is 10.1. The van der Waals surface area contributed by atoms with Crippen LogP contribution in [0.2, 0.25) is 0 Å². The van der Waals surface area contributed by atoms with Crippen molar-refractivity contribution < 1.29 is 13.9 Å². The third-order valence-corrected chi connectivity index (χ3v) is 6.59. The number of pyridine rings is 1. The maximum atomic E-state index is 15.0. The number of aryl methyl sites for hydroxylation is 2. The van der Waals surface area contributed by atoms with Crippen molar-refractivity contribution in [3.05, 3.63) is 82.9 Å². The molecule has 1 aliphatic rings. The summed E-state index contributed by atoms with van der Waals surface area (Å²) in [6, 6.07) is 14.3. The van der Waals surface area contributed by atoms with Crippen LogP contribution in [0.5, 0.6) is 11.5 Å². The average Bonchev–Trinajstić information content (AvgIpc) is 3.31. The molecule has 4 aromatic rings. The van der Waals surface area contributed by atoms with Gasteiger partial charge in [0.15, 0.2) is 11.6 Å². The quantitative estimate of drug-likeness (QED) is 0.387. The van der Waals surface area contributed by atoms with Gasteiger partial charge in [0, 0.05) is 47.5 Å². The molecule has 0 spiro atoms. The van der Waals surface area contributed by atoms with E-state index in [1.807, 2.05) is 52.1 Å². The fraction of sp³-hybridized carbons (Fsp3) is 0.259. The maximum absolute atomic E-state index is 15.0. The fourth-order valence-corrected chi connectivity index (χ4v) is 4.48. The number of halogens is 1. The molecule has 5 rings (SSSR count). The number of hydrogen-bond acceptors (Lipinski definition) is 4. The van der Waals surface area contributed by atoms with Crippen LogP contribution < -0.4 is 10.1 Å². The number of carbonyl (C=O) groups is 1. The normalized spacial score (nSPS) is 13.9. The van der Waals surface area contributed by atoms with Crippen LogP contribution in [0.3, 0.4) is 0 Å². The van der Waals surface area contributed by atoms with Crippen LogP contribution in [0, 0.1) is 12.7 Å². The Labute approximate surface area is 198 Å². The zero-order chi connectivity index (χ0) is 24.0. The minimum Gasteiger partial charge on any atom is -0.454 e. The van der Waals surface area contributed by atoms with Crippen molar-refractivity contribution >= 4 is 22.6 Å². The minimum absolute atomic E-state index is 0.0204. The van der Waals surface area contributed by atoms with Crippen LogP contribution in [-0.4, -0.2) is 26.9 Å². The number of nitrogens with one attached hydrogen (secondary N) is 1. The molecule has 2 aromatic heterocycles. The first-order valence-electron chi connectivity index (χ1n) is 11.4. The van der Waals surface area contributed by atoms with Crippen molar-refractivity contribution in [2.24, 2.45) is 7.05 Å². The number of carbonyl (C=O) groups excluding carboxylic acids is 1. The molecule has 1 N–H and O–H groups in total. The van der Waals surface area contributed by atoms with E-state index in [1.54, 1.807) is 23.2 Å². The molecule has 3 heterocycles. The van der Waals surface area contributed by atoms with Gasteiger partial charge in [-0.25, -0.2) is 9.37 Å². The second-order valence-electron chi connectivity index (χ2n) is 8.73. The van der Waals surface area contributed by atoms with Gasteiger partial charge in [-0.05, 0) is 68.8 Å². The van der Waals surface area contributed by atoms with E-state index in [0.29, 0.717) is 30.2 Å². The van der Waals surface area contributed by atoms with Gasteiger partial charge in [0.2, 0.25) is 0 Å². The number of amides is 1. The van der Waals surface area contributed by atoms with Crippen LogP contribution in [0.15, 0.2) is 54.7 Å². The number of fused-ring (bicyclic) bond motifs is 2. The lowest BCUT2D eigenvalue weighted by molar-refractivity contribution is 0.0787. The molecule has 1 amide bonds. The Hall–Kier alpha value is -3.87. The Kier molecular flexibility index (Phi) is 5.48. The van der Waals surface area contributed by atoms with E-state index >= 15 is 0 Å². The molecule has 1 aliphatic heterocycles. The van der Waals surface area contributed by atoms with Crippen LogP contribution in [0.4, 0.5) is 10.2 Å². The first-order chi connectivity index (χ1) is 16.4. The van der Waals surface area contributed by atoms with Gasteiger partial charge in [-0.2, -0.15) is 0 Å². The number of aromatic nitrogens is 2. The molecule has 0 saturated carbocycles. The van der Waals surface area contributed by atoms with Gasteiger partial charge in [-0.1, -0.05) is 6.07 Å². The molecule has 0 fully saturated rings. The molecule has 1 atom stereocenters. The molecule has 0 unspecified atom stereocenters. The zero-order valence-electron chi connectivity index (χ0n) is 19.7. The summed E-state index contributed by atoms with van der Waals surface area (Å²) in [7, 11) is 2.02. The summed E-state index contributed by atoms with van der Waals surface area (Å²) < 4.78 is 22.9. The molecule has 0 aliphatic carbocycles. The van der Waals surface area contributed by atoms with Crippen molar-refractivity contribution in [1.82, 2.24) is 14.5 Å². The molecule has 6 nitrogen and oxygen atoms in total. The van der Waals surface area contributed by atoms with Crippen molar-refractivity contribution in [3.8, 4) is 11.5 Å². The van der Waals surface area contributed by atoms with E-state index < -0.39 is 5.82 Å². The molecular weight excluding hydrogens is 431 g/mol. The summed E-state index contributed by atoms with van der Waals surface area (Å²) in [5, 5.41) is 4.40. The Bertz CT molecular complexity index is 1410. The van der Waals surface area contributed by atoms with Crippen molar-refractivity contribution in [2.75, 3.05) is 11.9 Å². The molecule has 0 bridgehead atoms. The van der Waals surface area contributed by atoms with Crippen LogP contribution in [0.25, 0.3) is 10.9 Å². The van der Waals surface area contributed by atoms with E-state index in [1.165, 1.54) is 6.07 Å². The second kappa shape index (κ2) is 8.48. The third kappa shape index (κ3) is 3.77. The van der Waals surface area contributed by atoms with Crippen molar-refractivity contribution in [3.63, 3.8) is 0 Å². The van der Waals surface area contributed by atoms with Crippen molar-refractivity contribution in [1.29, 1.82) is 0 Å². The highest BCUT2D eigenvalue weighted by Gasteiger charge is 2.29. The number of benzene rings is 2. The summed E-state index contributed by atoms with van der Waals surface area (Å²) >= 11 is 0. The van der Waals surface area contributed by atoms with E-state index in [2.05, 4.69) is 20.9 Å². The Morgan fingerprint density at radius 2 is 2.00 bits per heavy atom. The van der Waals surface area contributed by atoms with Gasteiger partial charge in [0.05, 0.1) is 12.6 Å². The van der Waals surface area contributed by atoms with Gasteiger partial charge >= 0.3 is 0 Å². The second-order valence-corrected chi connectivity index (χ2v) is 8.73. The van der Waals surface area contributed by atoms with E-state index in [0.717, 1.165) is 27.7 Å². The summed E-state index contributed by atoms with van der Waals surface area (Å²) in [4.78, 5) is 18.7. The summed E-state index contributed by atoms with van der Waals surface area (Å²) in [5.41, 5.74) is 4.56. The molecule has 7 heteroatoms. The Morgan fingerprint density at radius 3 is 2.76 bits per heavy atom. The third-order valence-electron chi connectivity index (χ3n) is 6.59. The monoisotopic (exact) mass is 458 g/mol. The van der Waals surface area contributed by atoms with Crippen LogP contribution in [0.1, 0.15) is 47.1 Å². The highest BCUT2D eigenvalue weighted by atomic mass is 19.1. The lowest BCUT2D eigenvalue weighted by Crippen LogP contribution is -2.22. The summed E-state index contributed by atoms with van der Waals surface area (Å²) in [6.45, 7) is 7.12. The number of nitrogens with zero attached hydrogens (tertiary/aromatic N) is 3. The number of anilines is 1. The highest BCUT2D eigenvalue weighted by molar-refractivity contribution is 5.99. The maximum Gasteiger partial charge on any atom is 0.254 e. The molecule has 0 radical (unpaired) electrons.